The maximum Gasteiger partial charge on any atom is 0.416 e. The number of methoxy groups -OCH3 is 1. The Morgan fingerprint density at radius 3 is 2.53 bits per heavy atom. The molecule has 106 valence electrons. The van der Waals surface area contributed by atoms with E-state index in [0.29, 0.717) is 11.8 Å². The summed E-state index contributed by atoms with van der Waals surface area (Å²) in [5.74, 6) is 0.455. The normalized spacial score (nSPS) is 16.8. The van der Waals surface area contributed by atoms with Crippen LogP contribution < -0.4 is 10.1 Å². The van der Waals surface area contributed by atoms with Crippen LogP contribution in [0.4, 0.5) is 13.2 Å². The van der Waals surface area contributed by atoms with Gasteiger partial charge in [-0.15, -0.1) is 0 Å². The molecule has 1 aliphatic rings. The van der Waals surface area contributed by atoms with Gasteiger partial charge in [-0.1, -0.05) is 12.8 Å². The van der Waals surface area contributed by atoms with Crippen LogP contribution in [0.25, 0.3) is 0 Å². The van der Waals surface area contributed by atoms with Crippen molar-refractivity contribution in [2.24, 2.45) is 0 Å². The summed E-state index contributed by atoms with van der Waals surface area (Å²) in [5.41, 5.74) is -0.336. The molecule has 0 atom stereocenters. The van der Waals surface area contributed by atoms with Gasteiger partial charge in [-0.25, -0.2) is 0 Å². The Morgan fingerprint density at radius 1 is 1.26 bits per heavy atom. The van der Waals surface area contributed by atoms with Crippen LogP contribution in [0.5, 0.6) is 5.75 Å². The summed E-state index contributed by atoms with van der Waals surface area (Å²) >= 11 is 0. The minimum atomic E-state index is -4.32. The second kappa shape index (κ2) is 5.82. The fraction of sp³-hybridized carbons (Fsp3) is 0.571. The summed E-state index contributed by atoms with van der Waals surface area (Å²) in [6.45, 7) is 0.233. The van der Waals surface area contributed by atoms with Crippen LogP contribution in [0, 0.1) is 0 Å². The van der Waals surface area contributed by atoms with E-state index in [9.17, 15) is 13.2 Å². The van der Waals surface area contributed by atoms with E-state index in [2.05, 4.69) is 5.32 Å². The molecule has 0 saturated heterocycles. The lowest BCUT2D eigenvalue weighted by Crippen LogP contribution is -2.26. The SMILES string of the molecule is COc1ccc(C(F)(F)F)c(CNC2CCCC2)c1. The Bertz CT molecular complexity index is 425. The second-order valence-electron chi connectivity index (χ2n) is 4.88. The molecule has 0 spiro atoms. The number of hydrogen-bond donors (Lipinski definition) is 1. The third-order valence-electron chi connectivity index (χ3n) is 3.55. The monoisotopic (exact) mass is 273 g/mol. The van der Waals surface area contributed by atoms with Crippen molar-refractivity contribution >= 4 is 0 Å². The van der Waals surface area contributed by atoms with E-state index in [1.54, 1.807) is 0 Å². The Kier molecular flexibility index (Phi) is 4.34. The molecule has 1 N–H and O–H groups in total. The average molecular weight is 273 g/mol. The lowest BCUT2D eigenvalue weighted by atomic mass is 10.1. The third-order valence-corrected chi connectivity index (χ3v) is 3.55. The number of hydrogen-bond acceptors (Lipinski definition) is 2. The number of ether oxygens (including phenoxy) is 1. The molecule has 2 nitrogen and oxygen atoms in total. The fourth-order valence-electron chi connectivity index (χ4n) is 2.50. The maximum atomic E-state index is 12.9. The molecule has 1 saturated carbocycles. The van der Waals surface area contributed by atoms with Crippen molar-refractivity contribution < 1.29 is 17.9 Å². The van der Waals surface area contributed by atoms with Gasteiger partial charge in [-0.2, -0.15) is 13.2 Å². The Morgan fingerprint density at radius 2 is 1.95 bits per heavy atom. The van der Waals surface area contributed by atoms with E-state index in [0.717, 1.165) is 31.7 Å². The molecule has 1 aromatic rings. The first-order chi connectivity index (χ1) is 9.00. The van der Waals surface area contributed by atoms with Crippen LogP contribution in [-0.4, -0.2) is 13.2 Å². The topological polar surface area (TPSA) is 21.3 Å². The molecule has 19 heavy (non-hydrogen) atoms. The van der Waals surface area contributed by atoms with E-state index in [1.165, 1.54) is 19.2 Å². The zero-order valence-electron chi connectivity index (χ0n) is 10.9. The number of rotatable bonds is 4. The smallest absolute Gasteiger partial charge is 0.416 e. The summed E-state index contributed by atoms with van der Waals surface area (Å²) in [7, 11) is 1.46. The first-order valence-electron chi connectivity index (χ1n) is 6.48. The van der Waals surface area contributed by atoms with Gasteiger partial charge in [0.1, 0.15) is 5.75 Å². The van der Waals surface area contributed by atoms with Crippen LogP contribution in [0.3, 0.4) is 0 Å². The van der Waals surface area contributed by atoms with Crippen LogP contribution >= 0.6 is 0 Å². The van der Waals surface area contributed by atoms with Crippen molar-refractivity contribution in [3.63, 3.8) is 0 Å². The van der Waals surface area contributed by atoms with E-state index in [-0.39, 0.29) is 12.1 Å². The standard InChI is InChI=1S/C14H18F3NO/c1-19-12-6-7-13(14(15,16)17)10(8-12)9-18-11-4-2-3-5-11/h6-8,11,18H,2-5,9H2,1H3. The molecule has 1 aliphatic carbocycles. The highest BCUT2D eigenvalue weighted by Gasteiger charge is 2.33. The van der Waals surface area contributed by atoms with Gasteiger partial charge in [0, 0.05) is 12.6 Å². The number of nitrogens with one attached hydrogen (secondary N) is 1. The molecule has 0 bridgehead atoms. The average Bonchev–Trinajstić information content (AvgIpc) is 2.88. The van der Waals surface area contributed by atoms with Gasteiger partial charge in [0.2, 0.25) is 0 Å². The zero-order valence-corrected chi connectivity index (χ0v) is 10.9. The molecule has 0 unspecified atom stereocenters. The van der Waals surface area contributed by atoms with E-state index in [4.69, 9.17) is 4.74 Å². The minimum absolute atomic E-state index is 0.233. The number of halogens is 3. The first-order valence-corrected chi connectivity index (χ1v) is 6.48. The highest BCUT2D eigenvalue weighted by atomic mass is 19.4. The van der Waals surface area contributed by atoms with E-state index >= 15 is 0 Å². The minimum Gasteiger partial charge on any atom is -0.497 e. The van der Waals surface area contributed by atoms with Gasteiger partial charge in [0.25, 0.3) is 0 Å². The van der Waals surface area contributed by atoms with E-state index in [1.807, 2.05) is 0 Å². The van der Waals surface area contributed by atoms with Crippen LogP contribution in [0.1, 0.15) is 36.8 Å². The third kappa shape index (κ3) is 3.62. The second-order valence-corrected chi connectivity index (χ2v) is 4.88. The number of benzene rings is 1. The molecule has 1 fully saturated rings. The van der Waals surface area contributed by atoms with Crippen LogP contribution in [-0.2, 0) is 12.7 Å². The predicted molar refractivity (Wildman–Crippen MR) is 67.1 cm³/mol. The van der Waals surface area contributed by atoms with Crippen LogP contribution in [0.2, 0.25) is 0 Å². The van der Waals surface area contributed by atoms with E-state index < -0.39 is 11.7 Å². The highest BCUT2D eigenvalue weighted by Crippen LogP contribution is 2.34. The van der Waals surface area contributed by atoms with Gasteiger partial charge in [0.15, 0.2) is 0 Å². The summed E-state index contributed by atoms with van der Waals surface area (Å²) in [4.78, 5) is 0. The zero-order chi connectivity index (χ0) is 13.9. The molecule has 0 aliphatic heterocycles. The summed E-state index contributed by atoms with van der Waals surface area (Å²) in [5, 5.41) is 3.21. The van der Waals surface area contributed by atoms with Gasteiger partial charge >= 0.3 is 6.18 Å². The summed E-state index contributed by atoms with van der Waals surface area (Å²) in [6.07, 6.45) is 0.0827. The number of alkyl halides is 3. The molecule has 1 aromatic carbocycles. The van der Waals surface area contributed by atoms with Crippen molar-refractivity contribution in [2.75, 3.05) is 7.11 Å². The highest BCUT2D eigenvalue weighted by molar-refractivity contribution is 5.37. The van der Waals surface area contributed by atoms with Crippen molar-refractivity contribution in [2.45, 2.75) is 44.4 Å². The van der Waals surface area contributed by atoms with Crippen molar-refractivity contribution in [1.82, 2.24) is 5.32 Å². The van der Waals surface area contributed by atoms with Gasteiger partial charge < -0.3 is 10.1 Å². The molecule has 0 radical (unpaired) electrons. The molecular weight excluding hydrogens is 255 g/mol. The van der Waals surface area contributed by atoms with Gasteiger partial charge in [-0.3, -0.25) is 0 Å². The molecule has 2 rings (SSSR count). The summed E-state index contributed by atoms with van der Waals surface area (Å²) in [6, 6.07) is 4.24. The first kappa shape index (κ1) is 14.2. The molecule has 0 aromatic heterocycles. The maximum absolute atomic E-state index is 12.9. The lowest BCUT2D eigenvalue weighted by molar-refractivity contribution is -0.138. The van der Waals surface area contributed by atoms with Crippen molar-refractivity contribution in [1.29, 1.82) is 0 Å². The van der Waals surface area contributed by atoms with Crippen molar-refractivity contribution in [3.8, 4) is 5.75 Å². The fourth-order valence-corrected chi connectivity index (χ4v) is 2.50. The molecule has 0 heterocycles. The molecule has 5 heteroatoms. The van der Waals surface area contributed by atoms with Crippen LogP contribution in [0.15, 0.2) is 18.2 Å². The summed E-state index contributed by atoms with van der Waals surface area (Å²) < 4.78 is 43.7. The van der Waals surface area contributed by atoms with Gasteiger partial charge in [0.05, 0.1) is 12.7 Å². The predicted octanol–water partition coefficient (Wildman–Crippen LogP) is 3.75. The Balaban J connectivity index is 2.15. The van der Waals surface area contributed by atoms with Gasteiger partial charge in [-0.05, 0) is 36.6 Å². The lowest BCUT2D eigenvalue weighted by Gasteiger charge is -2.17. The molecular formula is C14H18F3NO. The molecule has 0 amide bonds. The Hall–Kier alpha value is -1.23. The Labute approximate surface area is 111 Å². The van der Waals surface area contributed by atoms with Crippen molar-refractivity contribution in [3.05, 3.63) is 29.3 Å². The largest absolute Gasteiger partial charge is 0.497 e. The quantitative estimate of drug-likeness (QED) is 0.902.